The average Bonchev–Trinajstić information content (AvgIpc) is 3.45. The zero-order valence-corrected chi connectivity index (χ0v) is 14.3. The fraction of sp³-hybridized carbons (Fsp3) is 0.600. The molecule has 3 aliphatic carbocycles. The van der Waals surface area contributed by atoms with Gasteiger partial charge in [0.2, 0.25) is 0 Å². The number of hydrogen-bond acceptors (Lipinski definition) is 3. The predicted octanol–water partition coefficient (Wildman–Crippen LogP) is 3.58. The van der Waals surface area contributed by atoms with Crippen molar-refractivity contribution in [2.75, 3.05) is 0 Å². The van der Waals surface area contributed by atoms with Crippen LogP contribution < -0.4 is 5.32 Å². The first kappa shape index (κ1) is 16.4. The second-order valence-corrected chi connectivity index (χ2v) is 7.97. The number of benzene rings is 1. The van der Waals surface area contributed by atoms with E-state index in [1.165, 1.54) is 25.7 Å². The van der Waals surface area contributed by atoms with Gasteiger partial charge in [0.1, 0.15) is 12.6 Å². The molecule has 3 saturated carbocycles. The highest BCUT2D eigenvalue weighted by Crippen LogP contribution is 2.69. The number of hydrogen-bond donors (Lipinski definition) is 2. The van der Waals surface area contributed by atoms with Gasteiger partial charge in [-0.15, -0.1) is 0 Å². The summed E-state index contributed by atoms with van der Waals surface area (Å²) in [5.41, 5.74) is 1.27. The van der Waals surface area contributed by atoms with Crippen LogP contribution in [0.5, 0.6) is 0 Å². The molecule has 1 amide bonds. The van der Waals surface area contributed by atoms with Gasteiger partial charge in [0, 0.05) is 0 Å². The van der Waals surface area contributed by atoms with Crippen molar-refractivity contribution in [1.29, 1.82) is 0 Å². The maximum atomic E-state index is 12.0. The van der Waals surface area contributed by atoms with Crippen molar-refractivity contribution in [3.63, 3.8) is 0 Å². The first-order chi connectivity index (χ1) is 12.1. The van der Waals surface area contributed by atoms with Gasteiger partial charge in [-0.2, -0.15) is 0 Å². The molecule has 3 fully saturated rings. The fourth-order valence-corrected chi connectivity index (χ4v) is 4.74. The lowest BCUT2D eigenvalue weighted by Crippen LogP contribution is -2.54. The van der Waals surface area contributed by atoms with Gasteiger partial charge in [0.05, 0.1) is 0 Å². The summed E-state index contributed by atoms with van der Waals surface area (Å²) in [5.74, 6) is 0.677. The summed E-state index contributed by atoms with van der Waals surface area (Å²) < 4.78 is 5.19. The Kier molecular flexibility index (Phi) is 4.18. The molecule has 134 valence electrons. The number of carbonyl (C=O) groups is 2. The van der Waals surface area contributed by atoms with Crippen LogP contribution in [-0.4, -0.2) is 23.2 Å². The summed E-state index contributed by atoms with van der Waals surface area (Å²) in [4.78, 5) is 23.7. The molecule has 2 N–H and O–H groups in total. The minimum atomic E-state index is -0.957. The summed E-state index contributed by atoms with van der Waals surface area (Å²) >= 11 is 0. The van der Waals surface area contributed by atoms with Gasteiger partial charge in [0.15, 0.2) is 0 Å². The Bertz CT molecular complexity index is 631. The van der Waals surface area contributed by atoms with Crippen molar-refractivity contribution < 1.29 is 19.4 Å². The lowest BCUT2D eigenvalue weighted by molar-refractivity contribution is -0.144. The Labute approximate surface area is 147 Å². The number of carboxylic acids is 1. The molecule has 0 radical (unpaired) electrons. The minimum absolute atomic E-state index is 0.0305. The number of rotatable bonds is 7. The van der Waals surface area contributed by atoms with Crippen molar-refractivity contribution in [2.24, 2.45) is 23.2 Å². The third-order valence-electron chi connectivity index (χ3n) is 6.29. The molecule has 4 rings (SSSR count). The molecule has 0 aromatic heterocycles. The van der Waals surface area contributed by atoms with Gasteiger partial charge in [-0.25, -0.2) is 9.59 Å². The van der Waals surface area contributed by atoms with E-state index in [-0.39, 0.29) is 12.5 Å². The first-order valence-corrected chi connectivity index (χ1v) is 9.28. The van der Waals surface area contributed by atoms with E-state index < -0.39 is 18.1 Å². The van der Waals surface area contributed by atoms with Gasteiger partial charge >= 0.3 is 12.1 Å². The molecule has 0 saturated heterocycles. The summed E-state index contributed by atoms with van der Waals surface area (Å²) in [6.07, 6.45) is 6.44. The molecular weight excluding hydrogens is 318 g/mol. The normalized spacial score (nSPS) is 23.4. The molecule has 5 heteroatoms. The number of carboxylic acid groups (broad SMARTS) is 1. The van der Waals surface area contributed by atoms with E-state index in [2.05, 4.69) is 5.32 Å². The van der Waals surface area contributed by atoms with E-state index in [9.17, 15) is 14.7 Å². The third kappa shape index (κ3) is 3.37. The predicted molar refractivity (Wildman–Crippen MR) is 91.8 cm³/mol. The molecule has 1 aromatic carbocycles. The quantitative estimate of drug-likeness (QED) is 0.793. The second-order valence-electron chi connectivity index (χ2n) is 7.97. The highest BCUT2D eigenvalue weighted by atomic mass is 16.5. The number of ether oxygens (including phenoxy) is 1. The molecule has 0 bridgehead atoms. The third-order valence-corrected chi connectivity index (χ3v) is 6.29. The van der Waals surface area contributed by atoms with Crippen LogP contribution in [0.15, 0.2) is 30.3 Å². The van der Waals surface area contributed by atoms with Gasteiger partial charge < -0.3 is 15.2 Å². The minimum Gasteiger partial charge on any atom is -0.480 e. The maximum absolute atomic E-state index is 12.0. The molecule has 0 spiro atoms. The van der Waals surface area contributed by atoms with Crippen LogP contribution in [-0.2, 0) is 16.1 Å². The topological polar surface area (TPSA) is 75.6 Å². The van der Waals surface area contributed by atoms with Crippen LogP contribution in [0.4, 0.5) is 4.79 Å². The van der Waals surface area contributed by atoms with Crippen molar-refractivity contribution >= 4 is 12.1 Å². The zero-order chi connectivity index (χ0) is 17.4. The number of nitrogens with one attached hydrogen (secondary N) is 1. The molecule has 0 heterocycles. The average molecular weight is 343 g/mol. The van der Waals surface area contributed by atoms with Gasteiger partial charge in [-0.3, -0.25) is 0 Å². The standard InChI is InChI=1S/C20H25NO4/c22-18(23)17(21-19(24)25-12-13-4-2-1-3-5-13)14-10-20(11-14,15-6-7-15)16-8-9-16/h1-5,14-17H,6-12H2,(H,21,24)(H,22,23). The Morgan fingerprint density at radius 3 is 2.24 bits per heavy atom. The summed E-state index contributed by atoms with van der Waals surface area (Å²) in [7, 11) is 0. The lowest BCUT2D eigenvalue weighted by atomic mass is 9.54. The highest BCUT2D eigenvalue weighted by Gasteiger charge is 2.62. The van der Waals surface area contributed by atoms with Crippen LogP contribution in [0, 0.1) is 23.2 Å². The van der Waals surface area contributed by atoms with Gasteiger partial charge in [-0.1, -0.05) is 30.3 Å². The number of amides is 1. The maximum Gasteiger partial charge on any atom is 0.408 e. The van der Waals surface area contributed by atoms with Crippen molar-refractivity contribution in [3.8, 4) is 0 Å². The van der Waals surface area contributed by atoms with Gasteiger partial charge in [-0.05, 0) is 67.3 Å². The monoisotopic (exact) mass is 343 g/mol. The smallest absolute Gasteiger partial charge is 0.408 e. The van der Waals surface area contributed by atoms with Crippen LogP contribution in [0.2, 0.25) is 0 Å². The van der Waals surface area contributed by atoms with Crippen LogP contribution in [0.1, 0.15) is 44.1 Å². The molecule has 5 nitrogen and oxygen atoms in total. The molecule has 1 unspecified atom stereocenters. The fourth-order valence-electron chi connectivity index (χ4n) is 4.74. The molecule has 0 aliphatic heterocycles. The van der Waals surface area contributed by atoms with E-state index >= 15 is 0 Å². The largest absolute Gasteiger partial charge is 0.480 e. The number of alkyl carbamates (subject to hydrolysis) is 1. The highest BCUT2D eigenvalue weighted by molar-refractivity contribution is 5.80. The van der Waals surface area contributed by atoms with E-state index in [4.69, 9.17) is 4.74 Å². The first-order valence-electron chi connectivity index (χ1n) is 9.28. The van der Waals surface area contributed by atoms with Crippen molar-refractivity contribution in [2.45, 2.75) is 51.2 Å². The summed E-state index contributed by atoms with van der Waals surface area (Å²) in [6, 6.07) is 8.54. The number of aliphatic carboxylic acids is 1. The number of carbonyl (C=O) groups excluding carboxylic acids is 1. The molecule has 1 aromatic rings. The van der Waals surface area contributed by atoms with E-state index in [1.807, 2.05) is 30.3 Å². The van der Waals surface area contributed by atoms with Crippen LogP contribution >= 0.6 is 0 Å². The lowest BCUT2D eigenvalue weighted by Gasteiger charge is -2.51. The Hall–Kier alpha value is -2.04. The van der Waals surface area contributed by atoms with Crippen molar-refractivity contribution in [3.05, 3.63) is 35.9 Å². The zero-order valence-electron chi connectivity index (χ0n) is 14.3. The molecule has 25 heavy (non-hydrogen) atoms. The van der Waals surface area contributed by atoms with E-state index in [0.29, 0.717) is 5.41 Å². The van der Waals surface area contributed by atoms with Crippen molar-refractivity contribution in [1.82, 2.24) is 5.32 Å². The Balaban J connectivity index is 1.31. The summed E-state index contributed by atoms with van der Waals surface area (Å²) in [5, 5.41) is 12.1. The Morgan fingerprint density at radius 2 is 1.72 bits per heavy atom. The van der Waals surface area contributed by atoms with E-state index in [0.717, 1.165) is 30.2 Å². The molecular formula is C20H25NO4. The Morgan fingerprint density at radius 1 is 1.12 bits per heavy atom. The SMILES string of the molecule is O=C(NC(C(=O)O)C1CC(C2CC2)(C2CC2)C1)OCc1ccccc1. The van der Waals surface area contributed by atoms with Gasteiger partial charge in [0.25, 0.3) is 0 Å². The van der Waals surface area contributed by atoms with Crippen LogP contribution in [0.3, 0.4) is 0 Å². The van der Waals surface area contributed by atoms with Crippen LogP contribution in [0.25, 0.3) is 0 Å². The summed E-state index contributed by atoms with van der Waals surface area (Å²) in [6.45, 7) is 0.151. The second kappa shape index (κ2) is 6.36. The van der Waals surface area contributed by atoms with E-state index in [1.54, 1.807) is 0 Å². The molecule has 1 atom stereocenters. The molecule has 3 aliphatic rings.